The Balaban J connectivity index is 3.04. The SMILES string of the molecule is CCCOc1cc(C)c(Cl)cc1C(C)O. The van der Waals surface area contributed by atoms with Gasteiger partial charge in [0.2, 0.25) is 0 Å². The predicted molar refractivity (Wildman–Crippen MR) is 62.6 cm³/mol. The van der Waals surface area contributed by atoms with Crippen molar-refractivity contribution >= 4 is 11.6 Å². The second-order valence-electron chi connectivity index (χ2n) is 3.66. The van der Waals surface area contributed by atoms with E-state index in [0.29, 0.717) is 11.6 Å². The Hall–Kier alpha value is -0.730. The highest BCUT2D eigenvalue weighted by Gasteiger charge is 2.11. The highest BCUT2D eigenvalue weighted by Crippen LogP contribution is 2.31. The Kier molecular flexibility index (Phi) is 4.43. The van der Waals surface area contributed by atoms with Gasteiger partial charge in [-0.05, 0) is 38.0 Å². The number of aryl methyl sites for hydroxylation is 1. The minimum Gasteiger partial charge on any atom is -0.493 e. The van der Waals surface area contributed by atoms with Gasteiger partial charge in [0.25, 0.3) is 0 Å². The maximum Gasteiger partial charge on any atom is 0.125 e. The smallest absolute Gasteiger partial charge is 0.125 e. The van der Waals surface area contributed by atoms with Crippen LogP contribution in [0.1, 0.15) is 37.5 Å². The summed E-state index contributed by atoms with van der Waals surface area (Å²) in [5.74, 6) is 0.730. The molecule has 0 amide bonds. The molecule has 15 heavy (non-hydrogen) atoms. The summed E-state index contributed by atoms with van der Waals surface area (Å²) in [6, 6.07) is 3.65. The van der Waals surface area contributed by atoms with E-state index in [-0.39, 0.29) is 0 Å². The third-order valence-electron chi connectivity index (χ3n) is 2.20. The molecule has 0 radical (unpaired) electrons. The zero-order chi connectivity index (χ0) is 11.4. The average molecular weight is 229 g/mol. The van der Waals surface area contributed by atoms with E-state index in [4.69, 9.17) is 16.3 Å². The molecular weight excluding hydrogens is 212 g/mol. The summed E-state index contributed by atoms with van der Waals surface area (Å²) in [7, 11) is 0. The fourth-order valence-electron chi connectivity index (χ4n) is 1.33. The zero-order valence-electron chi connectivity index (χ0n) is 9.38. The van der Waals surface area contributed by atoms with E-state index in [1.807, 2.05) is 19.9 Å². The largest absolute Gasteiger partial charge is 0.493 e. The first kappa shape index (κ1) is 12.3. The molecule has 1 unspecified atom stereocenters. The lowest BCUT2D eigenvalue weighted by atomic mass is 10.1. The summed E-state index contributed by atoms with van der Waals surface area (Å²) < 4.78 is 5.56. The summed E-state index contributed by atoms with van der Waals surface area (Å²) in [4.78, 5) is 0. The number of hydrogen-bond donors (Lipinski definition) is 1. The lowest BCUT2D eigenvalue weighted by Crippen LogP contribution is -2.02. The van der Waals surface area contributed by atoms with E-state index < -0.39 is 6.10 Å². The van der Waals surface area contributed by atoms with Crippen LogP contribution in [0.25, 0.3) is 0 Å². The van der Waals surface area contributed by atoms with Crippen molar-refractivity contribution in [2.75, 3.05) is 6.61 Å². The van der Waals surface area contributed by atoms with Gasteiger partial charge in [0.05, 0.1) is 12.7 Å². The van der Waals surface area contributed by atoms with Crippen molar-refractivity contribution in [3.63, 3.8) is 0 Å². The monoisotopic (exact) mass is 228 g/mol. The second-order valence-corrected chi connectivity index (χ2v) is 4.07. The van der Waals surface area contributed by atoms with Crippen molar-refractivity contribution in [1.82, 2.24) is 0 Å². The van der Waals surface area contributed by atoms with Gasteiger partial charge >= 0.3 is 0 Å². The van der Waals surface area contributed by atoms with Crippen LogP contribution in [0.2, 0.25) is 5.02 Å². The number of ether oxygens (including phenoxy) is 1. The van der Waals surface area contributed by atoms with Crippen LogP contribution < -0.4 is 4.74 Å². The quantitative estimate of drug-likeness (QED) is 0.855. The van der Waals surface area contributed by atoms with Gasteiger partial charge < -0.3 is 9.84 Å². The summed E-state index contributed by atoms with van der Waals surface area (Å²) >= 11 is 6.00. The van der Waals surface area contributed by atoms with E-state index in [1.54, 1.807) is 13.0 Å². The third kappa shape index (κ3) is 3.11. The van der Waals surface area contributed by atoms with Crippen LogP contribution in [-0.2, 0) is 0 Å². The molecule has 0 fully saturated rings. The first-order valence-corrected chi connectivity index (χ1v) is 5.55. The van der Waals surface area contributed by atoms with Crippen molar-refractivity contribution in [1.29, 1.82) is 0 Å². The van der Waals surface area contributed by atoms with Crippen molar-refractivity contribution < 1.29 is 9.84 Å². The average Bonchev–Trinajstić information content (AvgIpc) is 2.19. The van der Waals surface area contributed by atoms with Crippen molar-refractivity contribution in [2.45, 2.75) is 33.3 Å². The van der Waals surface area contributed by atoms with Gasteiger partial charge in [-0.15, -0.1) is 0 Å². The zero-order valence-corrected chi connectivity index (χ0v) is 10.1. The lowest BCUT2D eigenvalue weighted by molar-refractivity contribution is 0.191. The minimum absolute atomic E-state index is 0.560. The third-order valence-corrected chi connectivity index (χ3v) is 2.61. The number of aliphatic hydroxyl groups excluding tert-OH is 1. The number of benzene rings is 1. The van der Waals surface area contributed by atoms with Crippen molar-refractivity contribution in [3.05, 3.63) is 28.3 Å². The summed E-state index contributed by atoms with van der Waals surface area (Å²) in [6.45, 7) is 6.33. The van der Waals surface area contributed by atoms with Gasteiger partial charge in [-0.25, -0.2) is 0 Å². The fraction of sp³-hybridized carbons (Fsp3) is 0.500. The van der Waals surface area contributed by atoms with E-state index in [1.165, 1.54) is 0 Å². The van der Waals surface area contributed by atoms with Crippen LogP contribution >= 0.6 is 11.6 Å². The van der Waals surface area contributed by atoms with Crippen molar-refractivity contribution in [2.24, 2.45) is 0 Å². The standard InChI is InChI=1S/C12H17ClO2/c1-4-5-15-12-6-8(2)11(13)7-10(12)9(3)14/h6-7,9,14H,4-5H2,1-3H3. The minimum atomic E-state index is -0.560. The molecule has 0 aliphatic rings. The topological polar surface area (TPSA) is 29.5 Å². The van der Waals surface area contributed by atoms with Crippen LogP contribution in [0.4, 0.5) is 0 Å². The molecule has 2 nitrogen and oxygen atoms in total. The molecule has 3 heteroatoms. The number of hydrogen-bond acceptors (Lipinski definition) is 2. The first-order chi connectivity index (χ1) is 7.06. The van der Waals surface area contributed by atoms with E-state index in [9.17, 15) is 5.11 Å². The van der Waals surface area contributed by atoms with Gasteiger partial charge in [0.15, 0.2) is 0 Å². The number of halogens is 1. The van der Waals surface area contributed by atoms with Gasteiger partial charge in [-0.2, -0.15) is 0 Å². The predicted octanol–water partition coefficient (Wildman–Crippen LogP) is 3.49. The number of aliphatic hydroxyl groups is 1. The maximum absolute atomic E-state index is 9.58. The van der Waals surface area contributed by atoms with Gasteiger partial charge in [-0.1, -0.05) is 18.5 Å². The Morgan fingerprint density at radius 1 is 1.47 bits per heavy atom. The summed E-state index contributed by atoms with van der Waals surface area (Å²) in [6.07, 6.45) is 0.385. The van der Waals surface area contributed by atoms with Crippen LogP contribution in [0.15, 0.2) is 12.1 Å². The Morgan fingerprint density at radius 3 is 2.67 bits per heavy atom. The second kappa shape index (κ2) is 5.38. The molecule has 1 N–H and O–H groups in total. The molecule has 0 aliphatic heterocycles. The molecule has 84 valence electrons. The van der Waals surface area contributed by atoms with Crippen LogP contribution in [0.5, 0.6) is 5.75 Å². The lowest BCUT2D eigenvalue weighted by Gasteiger charge is -2.14. The molecule has 1 aromatic rings. The highest BCUT2D eigenvalue weighted by molar-refractivity contribution is 6.31. The molecule has 0 heterocycles. The molecule has 0 aromatic heterocycles. The fourth-order valence-corrected chi connectivity index (χ4v) is 1.51. The van der Waals surface area contributed by atoms with E-state index in [2.05, 4.69) is 0 Å². The van der Waals surface area contributed by atoms with Crippen LogP contribution in [-0.4, -0.2) is 11.7 Å². The normalized spacial score (nSPS) is 12.6. The molecule has 1 aromatic carbocycles. The molecule has 0 saturated carbocycles. The first-order valence-electron chi connectivity index (χ1n) is 5.17. The van der Waals surface area contributed by atoms with Gasteiger partial charge in [-0.3, -0.25) is 0 Å². The maximum atomic E-state index is 9.58. The van der Waals surface area contributed by atoms with Gasteiger partial charge in [0.1, 0.15) is 5.75 Å². The van der Waals surface area contributed by atoms with Crippen molar-refractivity contribution in [3.8, 4) is 5.75 Å². The Labute approximate surface area is 95.8 Å². The van der Waals surface area contributed by atoms with Crippen LogP contribution in [0.3, 0.4) is 0 Å². The molecule has 0 bridgehead atoms. The molecule has 1 atom stereocenters. The molecule has 0 aliphatic carbocycles. The molecular formula is C12H17ClO2. The number of rotatable bonds is 4. The Morgan fingerprint density at radius 2 is 2.13 bits per heavy atom. The summed E-state index contributed by atoms with van der Waals surface area (Å²) in [5, 5.41) is 10.2. The van der Waals surface area contributed by atoms with E-state index in [0.717, 1.165) is 23.3 Å². The molecule has 1 rings (SSSR count). The van der Waals surface area contributed by atoms with E-state index >= 15 is 0 Å². The van der Waals surface area contributed by atoms with Crippen LogP contribution in [0, 0.1) is 6.92 Å². The highest BCUT2D eigenvalue weighted by atomic mass is 35.5. The summed E-state index contributed by atoms with van der Waals surface area (Å²) in [5.41, 5.74) is 1.71. The molecule has 0 saturated heterocycles. The van der Waals surface area contributed by atoms with Gasteiger partial charge in [0, 0.05) is 10.6 Å². The Bertz CT molecular complexity index is 335. The molecule has 0 spiro atoms.